The molecule has 0 radical (unpaired) electrons. The van der Waals surface area contributed by atoms with Crippen LogP contribution in [0.25, 0.3) is 0 Å². The van der Waals surface area contributed by atoms with E-state index in [-0.39, 0.29) is 18.5 Å². The first-order valence-corrected chi connectivity index (χ1v) is 7.25. The van der Waals surface area contributed by atoms with Gasteiger partial charge < -0.3 is 15.3 Å². The summed E-state index contributed by atoms with van der Waals surface area (Å²) in [5, 5.41) is 11.9. The van der Waals surface area contributed by atoms with E-state index >= 15 is 0 Å². The molecule has 5 nitrogen and oxygen atoms in total. The zero-order valence-electron chi connectivity index (χ0n) is 12.8. The smallest absolute Gasteiger partial charge is 0.322 e. The first-order valence-electron chi connectivity index (χ1n) is 7.25. The number of amides is 2. The predicted molar refractivity (Wildman–Crippen MR) is 81.7 cm³/mol. The van der Waals surface area contributed by atoms with E-state index in [0.717, 1.165) is 35.2 Å². The van der Waals surface area contributed by atoms with E-state index in [0.29, 0.717) is 6.54 Å². The third-order valence-corrected chi connectivity index (χ3v) is 3.96. The molecular formula is C16H22N2O3. The molecule has 0 spiro atoms. The Morgan fingerprint density at radius 3 is 2.48 bits per heavy atom. The highest BCUT2D eigenvalue weighted by Gasteiger charge is 2.30. The molecule has 0 aliphatic carbocycles. The van der Waals surface area contributed by atoms with E-state index < -0.39 is 5.97 Å². The highest BCUT2D eigenvalue weighted by atomic mass is 16.4. The molecule has 0 aromatic heterocycles. The topological polar surface area (TPSA) is 69.6 Å². The van der Waals surface area contributed by atoms with E-state index in [1.807, 2.05) is 32.9 Å². The molecule has 1 fully saturated rings. The van der Waals surface area contributed by atoms with Gasteiger partial charge in [-0.25, -0.2) is 4.79 Å². The molecular weight excluding hydrogens is 268 g/mol. The van der Waals surface area contributed by atoms with Gasteiger partial charge in [0.05, 0.1) is 6.42 Å². The summed E-state index contributed by atoms with van der Waals surface area (Å²) in [6.07, 6.45) is 1.63. The number of likely N-dealkylation sites (tertiary alicyclic amines) is 1. The third kappa shape index (κ3) is 3.54. The van der Waals surface area contributed by atoms with Crippen LogP contribution in [-0.2, 0) is 4.79 Å². The van der Waals surface area contributed by atoms with Crippen molar-refractivity contribution in [2.75, 3.05) is 11.9 Å². The van der Waals surface area contributed by atoms with E-state index in [2.05, 4.69) is 5.32 Å². The second-order valence-electron chi connectivity index (χ2n) is 5.79. The zero-order valence-corrected chi connectivity index (χ0v) is 12.8. The molecule has 1 aromatic rings. The molecule has 1 aromatic carbocycles. The van der Waals surface area contributed by atoms with E-state index in [1.54, 1.807) is 4.90 Å². The molecule has 0 bridgehead atoms. The van der Waals surface area contributed by atoms with Crippen LogP contribution in [0.4, 0.5) is 10.5 Å². The van der Waals surface area contributed by atoms with Crippen LogP contribution in [0.1, 0.15) is 36.0 Å². The summed E-state index contributed by atoms with van der Waals surface area (Å²) in [6.45, 7) is 6.57. The van der Waals surface area contributed by atoms with Crippen LogP contribution >= 0.6 is 0 Å². The normalized spacial score (nSPS) is 17.9. The average molecular weight is 290 g/mol. The van der Waals surface area contributed by atoms with Gasteiger partial charge in [-0.3, -0.25) is 4.79 Å². The van der Waals surface area contributed by atoms with Gasteiger partial charge >= 0.3 is 12.0 Å². The summed E-state index contributed by atoms with van der Waals surface area (Å²) in [5.74, 6) is -0.859. The number of carboxylic acid groups (broad SMARTS) is 1. The van der Waals surface area contributed by atoms with Gasteiger partial charge in [-0.1, -0.05) is 17.7 Å². The highest BCUT2D eigenvalue weighted by molar-refractivity contribution is 5.91. The Hall–Kier alpha value is -2.04. The van der Waals surface area contributed by atoms with Crippen molar-refractivity contribution in [1.29, 1.82) is 0 Å². The predicted octanol–water partition coefficient (Wildman–Crippen LogP) is 3.08. The second-order valence-corrected chi connectivity index (χ2v) is 5.79. The number of nitrogens with zero attached hydrogens (tertiary/aromatic N) is 1. The van der Waals surface area contributed by atoms with Crippen molar-refractivity contribution in [2.24, 2.45) is 0 Å². The van der Waals surface area contributed by atoms with Gasteiger partial charge in [0.15, 0.2) is 0 Å². The monoisotopic (exact) mass is 290 g/mol. The van der Waals surface area contributed by atoms with Crippen molar-refractivity contribution < 1.29 is 14.7 Å². The Morgan fingerprint density at radius 1 is 1.29 bits per heavy atom. The summed E-state index contributed by atoms with van der Waals surface area (Å²) < 4.78 is 0. The Morgan fingerprint density at radius 2 is 1.90 bits per heavy atom. The summed E-state index contributed by atoms with van der Waals surface area (Å²) in [5.41, 5.74) is 4.03. The number of anilines is 1. The van der Waals surface area contributed by atoms with Gasteiger partial charge in [0.1, 0.15) is 0 Å². The van der Waals surface area contributed by atoms with Crippen molar-refractivity contribution in [3.8, 4) is 0 Å². The maximum Gasteiger partial charge on any atom is 0.322 e. The molecule has 1 unspecified atom stereocenters. The number of aryl methyl sites for hydroxylation is 3. The van der Waals surface area contributed by atoms with Crippen LogP contribution in [0.5, 0.6) is 0 Å². The summed E-state index contributed by atoms with van der Waals surface area (Å²) in [4.78, 5) is 24.9. The summed E-state index contributed by atoms with van der Waals surface area (Å²) in [6, 6.07) is 3.66. The minimum Gasteiger partial charge on any atom is -0.481 e. The molecule has 2 rings (SSSR count). The van der Waals surface area contributed by atoms with Gasteiger partial charge in [-0.15, -0.1) is 0 Å². The van der Waals surface area contributed by atoms with Crippen LogP contribution in [-0.4, -0.2) is 34.6 Å². The molecule has 1 saturated heterocycles. The van der Waals surface area contributed by atoms with Crippen molar-refractivity contribution in [1.82, 2.24) is 4.90 Å². The lowest BCUT2D eigenvalue weighted by molar-refractivity contribution is -0.137. The molecule has 5 heteroatoms. The summed E-state index contributed by atoms with van der Waals surface area (Å²) in [7, 11) is 0. The minimum atomic E-state index is -0.859. The molecule has 1 atom stereocenters. The average Bonchev–Trinajstić information content (AvgIpc) is 2.80. The fourth-order valence-electron chi connectivity index (χ4n) is 3.07. The number of hydrogen-bond donors (Lipinski definition) is 2. The Bertz CT molecular complexity index is 546. The maximum absolute atomic E-state index is 12.4. The molecule has 0 saturated carbocycles. The quantitative estimate of drug-likeness (QED) is 0.898. The molecule has 1 aliphatic heterocycles. The number of carboxylic acids is 1. The van der Waals surface area contributed by atoms with Gasteiger partial charge in [0.2, 0.25) is 0 Å². The SMILES string of the molecule is Cc1cc(C)c(NC(=O)N2CCCC2CC(=O)O)c(C)c1. The van der Waals surface area contributed by atoms with Gasteiger partial charge in [0, 0.05) is 18.3 Å². The fraction of sp³-hybridized carbons (Fsp3) is 0.500. The molecule has 2 amide bonds. The van der Waals surface area contributed by atoms with Gasteiger partial charge in [0.25, 0.3) is 0 Å². The minimum absolute atomic E-state index is 0.0132. The number of carbonyl (C=O) groups excluding carboxylic acids is 1. The van der Waals surface area contributed by atoms with E-state index in [1.165, 1.54) is 0 Å². The van der Waals surface area contributed by atoms with Crippen molar-refractivity contribution in [3.05, 3.63) is 28.8 Å². The number of benzene rings is 1. The molecule has 1 heterocycles. The van der Waals surface area contributed by atoms with Gasteiger partial charge in [-0.05, 0) is 44.7 Å². The van der Waals surface area contributed by atoms with E-state index in [9.17, 15) is 9.59 Å². The maximum atomic E-state index is 12.4. The van der Waals surface area contributed by atoms with Crippen LogP contribution < -0.4 is 5.32 Å². The molecule has 1 aliphatic rings. The zero-order chi connectivity index (χ0) is 15.6. The Balaban J connectivity index is 2.13. The number of hydrogen-bond acceptors (Lipinski definition) is 2. The molecule has 114 valence electrons. The highest BCUT2D eigenvalue weighted by Crippen LogP contribution is 2.25. The standard InChI is InChI=1S/C16H22N2O3/c1-10-7-11(2)15(12(3)8-10)17-16(21)18-6-4-5-13(18)9-14(19)20/h7-8,13H,4-6,9H2,1-3H3,(H,17,21)(H,19,20). The van der Waals surface area contributed by atoms with Crippen LogP contribution in [0.3, 0.4) is 0 Å². The third-order valence-electron chi connectivity index (χ3n) is 3.96. The van der Waals surface area contributed by atoms with E-state index in [4.69, 9.17) is 5.11 Å². The molecule has 2 N–H and O–H groups in total. The number of urea groups is 1. The fourth-order valence-corrected chi connectivity index (χ4v) is 3.07. The largest absolute Gasteiger partial charge is 0.481 e. The van der Waals surface area contributed by atoms with Crippen molar-refractivity contribution in [3.63, 3.8) is 0 Å². The van der Waals surface area contributed by atoms with Crippen molar-refractivity contribution >= 4 is 17.7 Å². The number of aliphatic carboxylic acids is 1. The number of nitrogens with one attached hydrogen (secondary N) is 1. The van der Waals surface area contributed by atoms with Crippen LogP contribution in [0, 0.1) is 20.8 Å². The Kier molecular flexibility index (Phi) is 4.50. The van der Waals surface area contributed by atoms with Crippen LogP contribution in [0.2, 0.25) is 0 Å². The first-order chi connectivity index (χ1) is 9.88. The van der Waals surface area contributed by atoms with Gasteiger partial charge in [-0.2, -0.15) is 0 Å². The lowest BCUT2D eigenvalue weighted by Crippen LogP contribution is -2.40. The van der Waals surface area contributed by atoms with Crippen molar-refractivity contribution in [2.45, 2.75) is 46.1 Å². The lowest BCUT2D eigenvalue weighted by atomic mass is 10.1. The molecule has 21 heavy (non-hydrogen) atoms. The van der Waals surface area contributed by atoms with Crippen LogP contribution in [0.15, 0.2) is 12.1 Å². The first kappa shape index (κ1) is 15.4. The second kappa shape index (κ2) is 6.16. The Labute approximate surface area is 125 Å². The number of carbonyl (C=O) groups is 2. The lowest BCUT2D eigenvalue weighted by Gasteiger charge is -2.25. The summed E-state index contributed by atoms with van der Waals surface area (Å²) >= 11 is 0. The number of rotatable bonds is 3.